The second kappa shape index (κ2) is 26.9. The quantitative estimate of drug-likeness (QED) is 0.198. The first-order valence-corrected chi connectivity index (χ1v) is 51.0. The van der Waals surface area contributed by atoms with Crippen LogP contribution in [0.2, 0.25) is 55.9 Å². The lowest BCUT2D eigenvalue weighted by Gasteiger charge is -2.57. The summed E-state index contributed by atoms with van der Waals surface area (Å²) in [5.74, 6) is 4.48. The Morgan fingerprint density at radius 1 is 0.365 bits per heavy atom. The van der Waals surface area contributed by atoms with Crippen LogP contribution in [0.3, 0.4) is 0 Å². The number of hydrogen-bond donors (Lipinski definition) is 0. The van der Waals surface area contributed by atoms with Crippen LogP contribution in [0.15, 0.2) is 126 Å². The van der Waals surface area contributed by atoms with Crippen LogP contribution in [0, 0.1) is 41.4 Å². The largest absolute Gasteiger partial charge is 0.314 e. The van der Waals surface area contributed by atoms with Gasteiger partial charge in [-0.25, -0.2) is 0 Å². The smallest absolute Gasteiger partial charge is 0.127 e. The molecule has 13 unspecified atom stereocenters. The van der Waals surface area contributed by atoms with E-state index in [9.17, 15) is 0 Å². The van der Waals surface area contributed by atoms with Gasteiger partial charge in [-0.1, -0.05) is 197 Å². The van der Waals surface area contributed by atoms with Crippen LogP contribution in [0.4, 0.5) is 0 Å². The Hall–Kier alpha value is -3.49. The summed E-state index contributed by atoms with van der Waals surface area (Å²) >= 11 is 0. The van der Waals surface area contributed by atoms with Crippen LogP contribution in [0.5, 0.6) is 0 Å². The van der Waals surface area contributed by atoms with E-state index in [-0.39, 0.29) is 49.5 Å². The van der Waals surface area contributed by atoms with Crippen LogP contribution in [0.25, 0.3) is 16.7 Å². The number of nitrogens with zero attached hydrogens (tertiary/aromatic N) is 6. The molecule has 0 bridgehead atoms. The third-order valence-corrected chi connectivity index (χ3v) is 43.9. The van der Waals surface area contributed by atoms with Gasteiger partial charge in [0.2, 0.25) is 0 Å². The molecule has 5 fully saturated rings. The van der Waals surface area contributed by atoms with Gasteiger partial charge in [0, 0.05) is 67.6 Å². The molecule has 3 aromatic rings. The molecule has 9 aliphatic carbocycles. The van der Waals surface area contributed by atoms with E-state index < -0.39 is 24.7 Å². The van der Waals surface area contributed by atoms with Gasteiger partial charge in [-0.05, 0) is 328 Å². The van der Waals surface area contributed by atoms with Crippen LogP contribution in [-0.2, 0) is 16.2 Å². The summed E-state index contributed by atoms with van der Waals surface area (Å²) in [6.45, 7) is 82.6. The Balaban J connectivity index is 0.000000147. The van der Waals surface area contributed by atoms with Crippen molar-refractivity contribution < 1.29 is 0 Å². The van der Waals surface area contributed by atoms with Crippen LogP contribution < -0.4 is 0 Å². The monoisotopic (exact) mass is 1460 g/mol. The number of fused-ring (bicyclic) bond motifs is 12. The zero-order valence-corrected chi connectivity index (χ0v) is 75.7. The van der Waals surface area contributed by atoms with Gasteiger partial charge >= 0.3 is 0 Å². The van der Waals surface area contributed by atoms with Gasteiger partial charge in [0.1, 0.15) is 24.7 Å². The van der Waals surface area contributed by atoms with E-state index >= 15 is 0 Å². The molecule has 3 saturated carbocycles. The van der Waals surface area contributed by atoms with Gasteiger partial charge in [0.25, 0.3) is 0 Å². The first-order valence-electron chi connectivity index (χ1n) is 41.9. The minimum atomic E-state index is -1.87. The molecule has 2 aliphatic heterocycles. The predicted octanol–water partition coefficient (Wildman–Crippen LogP) is 23.3. The Morgan fingerprint density at radius 2 is 0.673 bits per heavy atom. The highest BCUT2D eigenvalue weighted by Crippen LogP contribution is 2.65. The summed E-state index contributed by atoms with van der Waals surface area (Å²) < 4.78 is 8.91. The van der Waals surface area contributed by atoms with E-state index in [4.69, 9.17) is 0 Å². The molecule has 572 valence electrons. The van der Waals surface area contributed by atoms with Gasteiger partial charge in [0.15, 0.2) is 0 Å². The first kappa shape index (κ1) is 80.0. The maximum absolute atomic E-state index is 2.99. The minimum absolute atomic E-state index is 0.0954. The highest BCUT2D eigenvalue weighted by atomic mass is 28.3. The normalized spacial score (nSPS) is 30.7. The maximum Gasteiger partial charge on any atom is 0.127 e. The zero-order chi connectivity index (χ0) is 76.7. The standard InChI is InChI=1S/C33H52N2Si.C32H50N2Si.C30H48N2Si/c1-22-29(34-18-14-15-19-34)25-21-28-24(23-16-12-13-17-27(23)33(28,8)9)20-26(25)30(22)36(10,11)35(31(2,3)4)32(5,6)7;1-30(2,3)34(31(4,5)6)35(9,10)29-21-28(33-17-13-14-18-33)24-20-27-23(19-25(24)29)22-15-11-12-16-26(22)32(27,7)8;1-28(2,3)32(29(4,5)6)33(11,12)27-19-26(31(9)10)22-18-25-21(17-23(22)27)20-15-13-14-16-24(20)30(25,7)8/h12-13,16-17,20-22,25-26,29-30H,14-15,18-19H2,1-11H3;11-12,15-16,19-20,24-25,28-29H,13-14,17-18,21H2,1-10H3;13-18,22-23,26-27H,19H2,1-12H3. The molecule has 0 radical (unpaired) electrons. The van der Waals surface area contributed by atoms with Crippen molar-refractivity contribution in [2.45, 2.75) is 335 Å². The van der Waals surface area contributed by atoms with E-state index in [1.807, 2.05) is 0 Å². The third-order valence-electron chi connectivity index (χ3n) is 29.0. The van der Waals surface area contributed by atoms with Crippen molar-refractivity contribution in [2.24, 2.45) is 41.4 Å². The number of rotatable bonds is 9. The summed E-state index contributed by atoms with van der Waals surface area (Å²) in [4.78, 5) is 8.30. The molecule has 14 rings (SSSR count). The van der Waals surface area contributed by atoms with E-state index in [0.717, 1.165) is 16.6 Å². The predicted molar refractivity (Wildman–Crippen MR) is 460 cm³/mol. The van der Waals surface area contributed by atoms with E-state index in [1.165, 1.54) is 104 Å². The molecule has 3 aromatic carbocycles. The average Bonchev–Trinajstić information content (AvgIpc) is 1.55. The van der Waals surface area contributed by atoms with Crippen molar-refractivity contribution in [3.8, 4) is 0 Å². The van der Waals surface area contributed by atoms with Gasteiger partial charge in [-0.2, -0.15) is 0 Å². The highest BCUT2D eigenvalue weighted by Gasteiger charge is 2.63. The molecule has 11 aliphatic rings. The molecular weight excluding hydrogens is 1310 g/mol. The van der Waals surface area contributed by atoms with Gasteiger partial charge in [-0.3, -0.25) is 9.80 Å². The SMILES string of the molecule is CC1(C)C2=CC3C(C=C2c2ccccc21)C([Si](C)(C)N(C(C)(C)C)C(C)(C)C)CC3N1CCCC1.CC1C(N2CCCC2)C2C=C3C(=CC2C1[Si](C)(C)N(C(C)(C)C)C(C)(C)C)c1ccccc1C3(C)C.CN(C)C1CC([Si](C)(C)N(C(C)(C)C)C(C)(C)C)C2C=C3C(=CC21)C(C)(C)c1ccccc13. The molecule has 2 saturated heterocycles. The fourth-order valence-corrected chi connectivity index (χ4v) is 46.4. The molecule has 0 amide bonds. The molecule has 0 aromatic heterocycles. The molecule has 0 N–H and O–H groups in total. The second-order valence-corrected chi connectivity index (χ2v) is 58.0. The topological polar surface area (TPSA) is 19.4 Å². The molecule has 6 nitrogen and oxygen atoms in total. The molecule has 0 spiro atoms. The van der Waals surface area contributed by atoms with Crippen molar-refractivity contribution in [2.75, 3.05) is 40.3 Å². The van der Waals surface area contributed by atoms with E-state index in [0.29, 0.717) is 59.6 Å². The molecule has 104 heavy (non-hydrogen) atoms. The Morgan fingerprint density at radius 3 is 1.04 bits per heavy atom. The van der Waals surface area contributed by atoms with Crippen LogP contribution in [0.1, 0.15) is 245 Å². The molecule has 13 atom stereocenters. The Labute approximate surface area is 641 Å². The minimum Gasteiger partial charge on any atom is -0.314 e. The van der Waals surface area contributed by atoms with E-state index in [1.54, 1.807) is 27.9 Å². The van der Waals surface area contributed by atoms with Crippen LogP contribution in [-0.4, -0.2) is 145 Å². The number of hydrogen-bond acceptors (Lipinski definition) is 6. The number of benzene rings is 3. The lowest BCUT2D eigenvalue weighted by atomic mass is 9.75. The molecular formula is C95H150N6Si3. The second-order valence-electron chi connectivity index (χ2n) is 44.6. The van der Waals surface area contributed by atoms with Crippen molar-refractivity contribution in [3.63, 3.8) is 0 Å². The Kier molecular flexibility index (Phi) is 20.7. The zero-order valence-electron chi connectivity index (χ0n) is 72.7. The number of likely N-dealkylation sites (tertiary alicyclic amines) is 2. The summed E-state index contributed by atoms with van der Waals surface area (Å²) in [6, 6.07) is 29.6. The highest BCUT2D eigenvalue weighted by molar-refractivity contribution is 6.77. The van der Waals surface area contributed by atoms with E-state index in [2.05, 4.69) is 364 Å². The summed E-state index contributed by atoms with van der Waals surface area (Å²) in [7, 11) is -0.884. The summed E-state index contributed by atoms with van der Waals surface area (Å²) in [5, 5.41) is 0. The average molecular weight is 1460 g/mol. The molecule has 2 heterocycles. The lowest BCUT2D eigenvalue weighted by Crippen LogP contribution is -2.67. The van der Waals surface area contributed by atoms with Crippen molar-refractivity contribution in [1.29, 1.82) is 0 Å². The van der Waals surface area contributed by atoms with Crippen molar-refractivity contribution in [3.05, 3.63) is 159 Å². The lowest BCUT2D eigenvalue weighted by molar-refractivity contribution is 0.119. The Bertz CT molecular complexity index is 3860. The molecule has 9 heteroatoms. The third kappa shape index (κ3) is 13.5. The van der Waals surface area contributed by atoms with Crippen LogP contribution >= 0.6 is 0 Å². The summed E-state index contributed by atoms with van der Waals surface area (Å²) in [5.41, 5.74) is 21.9. The first-order chi connectivity index (χ1) is 47.7. The fraction of sp³-hybridized carbons (Fsp3) is 0.684. The van der Waals surface area contributed by atoms with Gasteiger partial charge in [-0.15, -0.1) is 0 Å². The summed E-state index contributed by atoms with van der Waals surface area (Å²) in [6.07, 6.45) is 24.8. The maximum atomic E-state index is 2.99. The van der Waals surface area contributed by atoms with Crippen molar-refractivity contribution in [1.82, 2.24) is 28.4 Å². The van der Waals surface area contributed by atoms with Crippen molar-refractivity contribution >= 4 is 41.4 Å². The fourth-order valence-electron chi connectivity index (χ4n) is 28.1. The van der Waals surface area contributed by atoms with Gasteiger partial charge in [0.05, 0.1) is 0 Å². The van der Waals surface area contributed by atoms with Gasteiger partial charge < -0.3 is 18.6 Å². The number of allylic oxidation sites excluding steroid dienone is 9.